The zero-order chi connectivity index (χ0) is 11.8. The average Bonchev–Trinajstić information content (AvgIpc) is 2.93. The van der Waals surface area contributed by atoms with Crippen LogP contribution in [-0.4, -0.2) is 20.8 Å². The lowest BCUT2D eigenvalue weighted by Gasteiger charge is -2.13. The summed E-state index contributed by atoms with van der Waals surface area (Å²) >= 11 is 2.09. The molecule has 1 N–H and O–H groups in total. The van der Waals surface area contributed by atoms with Crippen molar-refractivity contribution in [2.24, 2.45) is 0 Å². The van der Waals surface area contributed by atoms with Gasteiger partial charge in [-0.25, -0.2) is 8.42 Å². The Hall–Kier alpha value is -0.500. The molecule has 4 nitrogen and oxygen atoms in total. The van der Waals surface area contributed by atoms with Gasteiger partial charge in [0, 0.05) is 3.57 Å². The molecule has 16 heavy (non-hydrogen) atoms. The summed E-state index contributed by atoms with van der Waals surface area (Å²) in [4.78, 5) is 0. The molecule has 0 bridgehead atoms. The van der Waals surface area contributed by atoms with Gasteiger partial charge in [-0.1, -0.05) is 6.07 Å². The van der Waals surface area contributed by atoms with Crippen LogP contribution >= 0.6 is 22.6 Å². The molecule has 88 valence electrons. The van der Waals surface area contributed by atoms with Crippen molar-refractivity contribution in [3.63, 3.8) is 0 Å². The van der Waals surface area contributed by atoms with E-state index in [9.17, 15) is 8.42 Å². The van der Waals surface area contributed by atoms with Crippen LogP contribution in [0.15, 0.2) is 18.2 Å². The molecule has 0 unspecified atom stereocenters. The first-order chi connectivity index (χ1) is 7.46. The summed E-state index contributed by atoms with van der Waals surface area (Å²) in [5, 5.41) is 0. The highest BCUT2D eigenvalue weighted by Gasteiger charge is 2.25. The van der Waals surface area contributed by atoms with Gasteiger partial charge >= 0.3 is 0 Å². The van der Waals surface area contributed by atoms with Gasteiger partial charge in [-0.3, -0.25) is 4.72 Å². The number of nitrogens with one attached hydrogen (secondary N) is 1. The predicted molar refractivity (Wildman–Crippen MR) is 71.3 cm³/mol. The lowest BCUT2D eigenvalue weighted by Crippen LogP contribution is -2.12. The third-order valence-electron chi connectivity index (χ3n) is 2.08. The molecule has 0 aromatic heterocycles. The van der Waals surface area contributed by atoms with Crippen molar-refractivity contribution >= 4 is 38.3 Å². The van der Waals surface area contributed by atoms with Gasteiger partial charge < -0.3 is 4.74 Å². The molecule has 0 saturated heterocycles. The first-order valence-corrected chi connectivity index (χ1v) is 7.86. The van der Waals surface area contributed by atoms with E-state index in [0.717, 1.165) is 22.7 Å². The van der Waals surface area contributed by atoms with E-state index >= 15 is 0 Å². The summed E-state index contributed by atoms with van der Waals surface area (Å²) < 4.78 is 31.4. The number of hydrogen-bond acceptors (Lipinski definition) is 3. The molecule has 1 aromatic carbocycles. The SMILES string of the molecule is CS(=O)(=O)Nc1c(I)cccc1OC1CC1. The number of benzene rings is 1. The number of anilines is 1. The van der Waals surface area contributed by atoms with Crippen LogP contribution in [0.1, 0.15) is 12.8 Å². The Morgan fingerprint density at radius 2 is 2.12 bits per heavy atom. The van der Waals surface area contributed by atoms with Gasteiger partial charge in [0.15, 0.2) is 0 Å². The summed E-state index contributed by atoms with van der Waals surface area (Å²) in [6.07, 6.45) is 3.48. The van der Waals surface area contributed by atoms with Crippen molar-refractivity contribution in [1.82, 2.24) is 0 Å². The zero-order valence-corrected chi connectivity index (χ0v) is 11.7. The molecular formula is C10H12INO3S. The molecule has 1 aliphatic carbocycles. The number of halogens is 1. The van der Waals surface area contributed by atoms with Crippen molar-refractivity contribution in [3.05, 3.63) is 21.8 Å². The van der Waals surface area contributed by atoms with Crippen LogP contribution in [0.2, 0.25) is 0 Å². The minimum atomic E-state index is -3.27. The van der Waals surface area contributed by atoms with E-state index in [2.05, 4.69) is 27.3 Å². The lowest BCUT2D eigenvalue weighted by atomic mass is 10.3. The van der Waals surface area contributed by atoms with E-state index in [1.807, 2.05) is 12.1 Å². The highest BCUT2D eigenvalue weighted by molar-refractivity contribution is 14.1. The van der Waals surface area contributed by atoms with E-state index < -0.39 is 10.0 Å². The summed E-state index contributed by atoms with van der Waals surface area (Å²) in [5.74, 6) is 0.611. The molecule has 0 heterocycles. The second kappa shape index (κ2) is 4.40. The van der Waals surface area contributed by atoms with Crippen LogP contribution in [0.3, 0.4) is 0 Å². The van der Waals surface area contributed by atoms with E-state index in [4.69, 9.17) is 4.74 Å². The second-order valence-corrected chi connectivity index (χ2v) is 6.72. The third-order valence-corrected chi connectivity index (χ3v) is 3.55. The molecule has 1 aliphatic rings. The van der Waals surface area contributed by atoms with Gasteiger partial charge in [-0.2, -0.15) is 0 Å². The maximum absolute atomic E-state index is 11.2. The normalized spacial score (nSPS) is 15.9. The van der Waals surface area contributed by atoms with Crippen LogP contribution in [0.5, 0.6) is 5.75 Å². The molecule has 2 rings (SSSR count). The quantitative estimate of drug-likeness (QED) is 0.845. The Kier molecular flexibility index (Phi) is 3.29. The fourth-order valence-electron chi connectivity index (χ4n) is 1.25. The molecule has 0 radical (unpaired) electrons. The summed E-state index contributed by atoms with van der Waals surface area (Å²) in [6, 6.07) is 5.48. The summed E-state index contributed by atoms with van der Waals surface area (Å²) in [6.45, 7) is 0. The highest BCUT2D eigenvalue weighted by Crippen LogP contribution is 2.35. The molecule has 1 saturated carbocycles. The Morgan fingerprint density at radius 3 is 2.69 bits per heavy atom. The van der Waals surface area contributed by atoms with Crippen LogP contribution in [0.4, 0.5) is 5.69 Å². The van der Waals surface area contributed by atoms with Crippen LogP contribution in [0, 0.1) is 3.57 Å². The van der Waals surface area contributed by atoms with Crippen molar-refractivity contribution in [2.45, 2.75) is 18.9 Å². The average molecular weight is 353 g/mol. The van der Waals surface area contributed by atoms with Crippen LogP contribution < -0.4 is 9.46 Å². The summed E-state index contributed by atoms with van der Waals surface area (Å²) in [5.41, 5.74) is 0.539. The molecule has 0 aliphatic heterocycles. The molecule has 0 spiro atoms. The van der Waals surface area contributed by atoms with Gasteiger partial charge in [0.05, 0.1) is 12.4 Å². The van der Waals surface area contributed by atoms with Gasteiger partial charge in [0.1, 0.15) is 11.4 Å². The molecular weight excluding hydrogens is 341 g/mol. The smallest absolute Gasteiger partial charge is 0.229 e. The van der Waals surface area contributed by atoms with Gasteiger partial charge in [-0.05, 0) is 47.6 Å². The van der Waals surface area contributed by atoms with Crippen LogP contribution in [-0.2, 0) is 10.0 Å². The van der Waals surface area contributed by atoms with Crippen molar-refractivity contribution in [1.29, 1.82) is 0 Å². The van der Waals surface area contributed by atoms with E-state index in [1.54, 1.807) is 6.07 Å². The minimum Gasteiger partial charge on any atom is -0.488 e. The second-order valence-electron chi connectivity index (χ2n) is 3.80. The van der Waals surface area contributed by atoms with Gasteiger partial charge in [0.2, 0.25) is 10.0 Å². The molecule has 0 atom stereocenters. The van der Waals surface area contributed by atoms with Crippen molar-refractivity contribution in [2.75, 3.05) is 11.0 Å². The number of hydrogen-bond donors (Lipinski definition) is 1. The highest BCUT2D eigenvalue weighted by atomic mass is 127. The van der Waals surface area contributed by atoms with Crippen LogP contribution in [0.25, 0.3) is 0 Å². The Labute approximate surface area is 109 Å². The maximum atomic E-state index is 11.2. The van der Waals surface area contributed by atoms with E-state index in [0.29, 0.717) is 11.4 Å². The van der Waals surface area contributed by atoms with Crippen molar-refractivity contribution < 1.29 is 13.2 Å². The number of rotatable bonds is 4. The topological polar surface area (TPSA) is 55.4 Å². The Bertz CT molecular complexity index is 497. The monoisotopic (exact) mass is 353 g/mol. The Balaban J connectivity index is 2.31. The fourth-order valence-corrected chi connectivity index (χ4v) is 2.63. The Morgan fingerprint density at radius 1 is 1.44 bits per heavy atom. The van der Waals surface area contributed by atoms with Gasteiger partial charge in [-0.15, -0.1) is 0 Å². The van der Waals surface area contributed by atoms with E-state index in [-0.39, 0.29) is 6.10 Å². The summed E-state index contributed by atoms with van der Waals surface area (Å²) in [7, 11) is -3.27. The zero-order valence-electron chi connectivity index (χ0n) is 8.73. The number of sulfonamides is 1. The molecule has 1 fully saturated rings. The molecule has 0 amide bonds. The van der Waals surface area contributed by atoms with Gasteiger partial charge in [0.25, 0.3) is 0 Å². The first-order valence-electron chi connectivity index (χ1n) is 4.89. The van der Waals surface area contributed by atoms with Crippen molar-refractivity contribution in [3.8, 4) is 5.75 Å². The fraction of sp³-hybridized carbons (Fsp3) is 0.400. The molecule has 6 heteroatoms. The number of para-hydroxylation sites is 1. The maximum Gasteiger partial charge on any atom is 0.229 e. The standard InChI is InChI=1S/C10H12INO3S/c1-16(13,14)12-10-8(11)3-2-4-9(10)15-7-5-6-7/h2-4,7,12H,5-6H2,1H3. The first kappa shape index (κ1) is 12.0. The van der Waals surface area contributed by atoms with E-state index in [1.165, 1.54) is 0 Å². The lowest BCUT2D eigenvalue weighted by molar-refractivity contribution is 0.304. The largest absolute Gasteiger partial charge is 0.488 e. The predicted octanol–water partition coefficient (Wildman–Crippen LogP) is 2.20. The minimum absolute atomic E-state index is 0.248. The number of ether oxygens (including phenoxy) is 1. The third kappa shape index (κ3) is 3.24. The molecule has 1 aromatic rings.